The predicted octanol–water partition coefficient (Wildman–Crippen LogP) is 2.78. The smallest absolute Gasteiger partial charge is 0.227 e. The number of carbonyl (C=O) groups excluding carboxylic acids is 1. The van der Waals surface area contributed by atoms with Crippen LogP contribution in [-0.2, 0) is 17.8 Å². The molecular formula is C19H25N5O. The van der Waals surface area contributed by atoms with E-state index in [1.807, 2.05) is 25.3 Å². The van der Waals surface area contributed by atoms with Gasteiger partial charge in [0.15, 0.2) is 0 Å². The molecule has 2 aromatic heterocycles. The van der Waals surface area contributed by atoms with Crippen molar-refractivity contribution in [2.24, 2.45) is 5.92 Å². The second-order valence-electron chi connectivity index (χ2n) is 7.08. The van der Waals surface area contributed by atoms with E-state index in [1.54, 1.807) is 6.20 Å². The molecule has 25 heavy (non-hydrogen) atoms. The van der Waals surface area contributed by atoms with Gasteiger partial charge in [0.1, 0.15) is 11.6 Å². The summed E-state index contributed by atoms with van der Waals surface area (Å²) >= 11 is 0. The molecule has 1 amide bonds. The van der Waals surface area contributed by atoms with Gasteiger partial charge in [-0.1, -0.05) is 0 Å². The normalized spacial score (nSPS) is 20.2. The van der Waals surface area contributed by atoms with Crippen LogP contribution < -0.4 is 10.2 Å². The summed E-state index contributed by atoms with van der Waals surface area (Å²) in [5.74, 6) is 2.11. The van der Waals surface area contributed by atoms with Gasteiger partial charge in [0.2, 0.25) is 5.91 Å². The molecule has 1 unspecified atom stereocenters. The second-order valence-corrected chi connectivity index (χ2v) is 7.08. The molecule has 1 saturated heterocycles. The Morgan fingerprint density at radius 3 is 2.88 bits per heavy atom. The number of aryl methyl sites for hydroxylation is 1. The molecule has 2 aliphatic rings. The number of amides is 1. The zero-order valence-electron chi connectivity index (χ0n) is 14.7. The fourth-order valence-electron chi connectivity index (χ4n) is 3.88. The quantitative estimate of drug-likeness (QED) is 0.934. The first-order chi connectivity index (χ1) is 12.2. The summed E-state index contributed by atoms with van der Waals surface area (Å²) in [6.45, 7) is 4.99. The molecule has 0 aromatic carbocycles. The predicted molar refractivity (Wildman–Crippen MR) is 97.7 cm³/mol. The molecule has 2 aliphatic heterocycles. The summed E-state index contributed by atoms with van der Waals surface area (Å²) in [4.78, 5) is 23.8. The Balaban J connectivity index is 1.42. The molecule has 0 spiro atoms. The van der Waals surface area contributed by atoms with Crippen molar-refractivity contribution in [1.82, 2.24) is 14.5 Å². The van der Waals surface area contributed by atoms with Gasteiger partial charge >= 0.3 is 0 Å². The maximum atomic E-state index is 12.7. The summed E-state index contributed by atoms with van der Waals surface area (Å²) < 4.78 is 2.21. The molecule has 6 nitrogen and oxygen atoms in total. The minimum absolute atomic E-state index is 0.00945. The number of imidazole rings is 1. The Morgan fingerprint density at radius 1 is 1.20 bits per heavy atom. The van der Waals surface area contributed by atoms with E-state index in [4.69, 9.17) is 0 Å². The molecule has 1 N–H and O–H groups in total. The maximum absolute atomic E-state index is 12.7. The lowest BCUT2D eigenvalue weighted by Gasteiger charge is -2.28. The van der Waals surface area contributed by atoms with Gasteiger partial charge in [0.05, 0.1) is 0 Å². The maximum Gasteiger partial charge on any atom is 0.227 e. The van der Waals surface area contributed by atoms with Gasteiger partial charge in [-0.25, -0.2) is 9.97 Å². The highest BCUT2D eigenvalue weighted by Crippen LogP contribution is 2.24. The topological polar surface area (TPSA) is 63.1 Å². The van der Waals surface area contributed by atoms with E-state index >= 15 is 0 Å². The summed E-state index contributed by atoms with van der Waals surface area (Å²) in [7, 11) is 0. The van der Waals surface area contributed by atoms with Crippen LogP contribution in [0.5, 0.6) is 0 Å². The van der Waals surface area contributed by atoms with Crippen LogP contribution in [0, 0.1) is 12.8 Å². The first kappa shape index (κ1) is 16.1. The van der Waals surface area contributed by atoms with E-state index < -0.39 is 0 Å². The van der Waals surface area contributed by atoms with E-state index in [-0.39, 0.29) is 11.8 Å². The lowest BCUT2D eigenvalue weighted by atomic mass is 9.95. The number of nitrogens with one attached hydrogen (secondary N) is 1. The van der Waals surface area contributed by atoms with Gasteiger partial charge in [0.25, 0.3) is 0 Å². The van der Waals surface area contributed by atoms with Crippen molar-refractivity contribution in [3.8, 4) is 0 Å². The van der Waals surface area contributed by atoms with E-state index in [0.717, 1.165) is 55.5 Å². The standard InChI is InChI=1S/C19H25N5O/c1-14-21-13-17-11-15(6-10-24(14)17)19(25)22-16-5-7-20-18(12-16)23-8-3-2-4-9-23/h5,7,12-13,15H,2-4,6,8-11H2,1H3,(H,20,22,25). The molecule has 0 saturated carbocycles. The monoisotopic (exact) mass is 339 g/mol. The molecule has 0 bridgehead atoms. The number of hydrogen-bond acceptors (Lipinski definition) is 4. The summed E-state index contributed by atoms with van der Waals surface area (Å²) in [5.41, 5.74) is 2.00. The molecule has 4 heterocycles. The molecule has 0 aliphatic carbocycles. The minimum Gasteiger partial charge on any atom is -0.357 e. The van der Waals surface area contributed by atoms with Crippen molar-refractivity contribution in [2.75, 3.05) is 23.3 Å². The Kier molecular flexibility index (Phi) is 4.42. The molecule has 4 rings (SSSR count). The second kappa shape index (κ2) is 6.86. The van der Waals surface area contributed by atoms with Gasteiger partial charge in [-0.3, -0.25) is 4.79 Å². The fraction of sp³-hybridized carbons (Fsp3) is 0.526. The summed E-state index contributed by atoms with van der Waals surface area (Å²) in [5, 5.41) is 3.09. The van der Waals surface area contributed by atoms with Gasteiger partial charge in [-0.05, 0) is 38.7 Å². The van der Waals surface area contributed by atoms with Gasteiger partial charge in [-0.2, -0.15) is 0 Å². The van der Waals surface area contributed by atoms with Crippen LogP contribution in [-0.4, -0.2) is 33.5 Å². The van der Waals surface area contributed by atoms with Gasteiger partial charge < -0.3 is 14.8 Å². The van der Waals surface area contributed by atoms with Crippen LogP contribution in [0.2, 0.25) is 0 Å². The van der Waals surface area contributed by atoms with Gasteiger partial charge in [0, 0.05) is 61.8 Å². The van der Waals surface area contributed by atoms with Crippen LogP contribution in [0.1, 0.15) is 37.2 Å². The Hall–Kier alpha value is -2.37. The number of nitrogens with zero attached hydrogens (tertiary/aromatic N) is 4. The van der Waals surface area contributed by atoms with E-state index in [2.05, 4.69) is 24.8 Å². The number of pyridine rings is 1. The van der Waals surface area contributed by atoms with Crippen LogP contribution in [0.15, 0.2) is 24.5 Å². The largest absolute Gasteiger partial charge is 0.357 e. The highest BCUT2D eigenvalue weighted by molar-refractivity contribution is 5.93. The van der Waals surface area contributed by atoms with Crippen LogP contribution in [0.25, 0.3) is 0 Å². The SMILES string of the molecule is Cc1ncc2n1CCC(C(=O)Nc1ccnc(N3CCCCC3)c1)C2. The van der Waals surface area contributed by atoms with Crippen molar-refractivity contribution >= 4 is 17.4 Å². The van der Waals surface area contributed by atoms with Crippen LogP contribution in [0.3, 0.4) is 0 Å². The highest BCUT2D eigenvalue weighted by Gasteiger charge is 2.26. The number of anilines is 2. The Bertz CT molecular complexity index is 763. The lowest BCUT2D eigenvalue weighted by Crippen LogP contribution is -2.31. The first-order valence-corrected chi connectivity index (χ1v) is 9.23. The third-order valence-corrected chi connectivity index (χ3v) is 5.36. The Labute approximate surface area is 148 Å². The van der Waals surface area contributed by atoms with E-state index in [1.165, 1.54) is 19.3 Å². The number of carbonyl (C=O) groups is 1. The third kappa shape index (κ3) is 3.38. The van der Waals surface area contributed by atoms with E-state index in [0.29, 0.717) is 0 Å². The van der Waals surface area contributed by atoms with Crippen molar-refractivity contribution in [2.45, 2.75) is 45.6 Å². The fourth-order valence-corrected chi connectivity index (χ4v) is 3.88. The zero-order chi connectivity index (χ0) is 17.2. The molecule has 0 radical (unpaired) electrons. The van der Waals surface area contributed by atoms with Crippen molar-refractivity contribution in [1.29, 1.82) is 0 Å². The number of rotatable bonds is 3. The number of aromatic nitrogens is 3. The van der Waals surface area contributed by atoms with Crippen LogP contribution >= 0.6 is 0 Å². The van der Waals surface area contributed by atoms with Gasteiger partial charge in [-0.15, -0.1) is 0 Å². The molecule has 6 heteroatoms. The summed E-state index contributed by atoms with van der Waals surface area (Å²) in [6, 6.07) is 3.88. The number of piperidine rings is 1. The summed E-state index contributed by atoms with van der Waals surface area (Å²) in [6.07, 6.45) is 9.04. The average molecular weight is 339 g/mol. The minimum atomic E-state index is 0.00945. The van der Waals surface area contributed by atoms with Crippen molar-refractivity contribution < 1.29 is 4.79 Å². The van der Waals surface area contributed by atoms with Crippen molar-refractivity contribution in [3.05, 3.63) is 36.0 Å². The number of fused-ring (bicyclic) bond motifs is 1. The molecule has 132 valence electrons. The molecule has 2 aromatic rings. The van der Waals surface area contributed by atoms with E-state index in [9.17, 15) is 4.79 Å². The zero-order valence-corrected chi connectivity index (χ0v) is 14.7. The van der Waals surface area contributed by atoms with Crippen molar-refractivity contribution in [3.63, 3.8) is 0 Å². The lowest BCUT2D eigenvalue weighted by molar-refractivity contribution is -0.120. The number of hydrogen-bond donors (Lipinski definition) is 1. The molecular weight excluding hydrogens is 314 g/mol. The first-order valence-electron chi connectivity index (χ1n) is 9.23. The molecule has 1 atom stereocenters. The molecule has 1 fully saturated rings. The third-order valence-electron chi connectivity index (χ3n) is 5.36. The highest BCUT2D eigenvalue weighted by atomic mass is 16.1. The average Bonchev–Trinajstić information content (AvgIpc) is 3.03. The Morgan fingerprint density at radius 2 is 2.04 bits per heavy atom. The van der Waals surface area contributed by atoms with Crippen LogP contribution in [0.4, 0.5) is 11.5 Å².